The average Bonchev–Trinajstić information content (AvgIpc) is 2.71. The highest BCUT2D eigenvalue weighted by atomic mass is 16.5. The Balaban J connectivity index is 1.79. The van der Waals surface area contributed by atoms with Crippen LogP contribution >= 0.6 is 0 Å². The number of benzene rings is 1. The predicted octanol–water partition coefficient (Wildman–Crippen LogP) is 1.41. The molecule has 0 aromatic heterocycles. The van der Waals surface area contributed by atoms with Crippen molar-refractivity contribution in [2.45, 2.75) is 38.1 Å². The van der Waals surface area contributed by atoms with Crippen LogP contribution in [0, 0.1) is 0 Å². The van der Waals surface area contributed by atoms with Crippen molar-refractivity contribution in [3.8, 4) is 5.75 Å². The van der Waals surface area contributed by atoms with Crippen molar-refractivity contribution in [2.24, 2.45) is 0 Å². The van der Waals surface area contributed by atoms with Crippen LogP contribution in [0.1, 0.15) is 31.2 Å². The molecule has 0 radical (unpaired) electrons. The molecule has 2 amide bonds. The molecule has 0 saturated carbocycles. The summed E-state index contributed by atoms with van der Waals surface area (Å²) in [7, 11) is 1.63. The normalized spacial score (nSPS) is 18.5. The molecule has 0 aliphatic carbocycles. The molecule has 1 aromatic rings. The van der Waals surface area contributed by atoms with Gasteiger partial charge in [0.15, 0.2) is 0 Å². The maximum absolute atomic E-state index is 11.9. The van der Waals surface area contributed by atoms with Gasteiger partial charge < -0.3 is 15.4 Å². The quantitative estimate of drug-likeness (QED) is 0.861. The maximum Gasteiger partial charge on any atom is 0.242 e. The third-order valence-corrected chi connectivity index (χ3v) is 3.67. The highest BCUT2D eigenvalue weighted by Gasteiger charge is 2.21. The molecular weight excluding hydrogens is 268 g/mol. The monoisotopic (exact) mass is 290 g/mol. The van der Waals surface area contributed by atoms with E-state index in [0.29, 0.717) is 19.4 Å². The first-order chi connectivity index (χ1) is 10.2. The van der Waals surface area contributed by atoms with Gasteiger partial charge >= 0.3 is 0 Å². The van der Waals surface area contributed by atoms with Gasteiger partial charge in [0.25, 0.3) is 0 Å². The molecule has 2 rings (SSSR count). The fourth-order valence-electron chi connectivity index (χ4n) is 2.39. The summed E-state index contributed by atoms with van der Waals surface area (Å²) in [4.78, 5) is 23.7. The van der Waals surface area contributed by atoms with Crippen molar-refractivity contribution in [3.05, 3.63) is 29.8 Å². The zero-order valence-electron chi connectivity index (χ0n) is 12.4. The number of amides is 2. The minimum absolute atomic E-state index is 0.0645. The molecule has 0 spiro atoms. The number of carbonyl (C=O) groups excluding carboxylic acids is 2. The number of nitrogens with one attached hydrogen (secondary N) is 2. The van der Waals surface area contributed by atoms with E-state index < -0.39 is 0 Å². The second kappa shape index (κ2) is 7.67. The van der Waals surface area contributed by atoms with Crippen LogP contribution in [0.3, 0.4) is 0 Å². The predicted molar refractivity (Wildman–Crippen MR) is 80.1 cm³/mol. The van der Waals surface area contributed by atoms with E-state index in [1.54, 1.807) is 7.11 Å². The molecule has 5 nitrogen and oxygen atoms in total. The lowest BCUT2D eigenvalue weighted by Crippen LogP contribution is -2.45. The Bertz CT molecular complexity index is 485. The Morgan fingerprint density at radius 3 is 2.81 bits per heavy atom. The minimum atomic E-state index is -0.379. The molecule has 0 unspecified atom stereocenters. The van der Waals surface area contributed by atoms with Gasteiger partial charge in [-0.05, 0) is 43.4 Å². The summed E-state index contributed by atoms with van der Waals surface area (Å²) >= 11 is 0. The van der Waals surface area contributed by atoms with Gasteiger partial charge in [0.2, 0.25) is 11.8 Å². The van der Waals surface area contributed by atoms with Crippen LogP contribution < -0.4 is 15.4 Å². The molecule has 0 bridgehead atoms. The Kier molecular flexibility index (Phi) is 5.60. The number of aryl methyl sites for hydroxylation is 1. The molecule has 5 heteroatoms. The van der Waals surface area contributed by atoms with Crippen LogP contribution in [-0.4, -0.2) is 31.5 Å². The summed E-state index contributed by atoms with van der Waals surface area (Å²) in [5.74, 6) is 0.663. The lowest BCUT2D eigenvalue weighted by atomic mass is 10.1. The van der Waals surface area contributed by atoms with Crippen LogP contribution in [0.4, 0.5) is 0 Å². The van der Waals surface area contributed by atoms with Gasteiger partial charge in [-0.3, -0.25) is 9.59 Å². The zero-order valence-corrected chi connectivity index (χ0v) is 12.4. The Labute approximate surface area is 125 Å². The number of carbonyl (C=O) groups is 2. The molecule has 1 aromatic carbocycles. The van der Waals surface area contributed by atoms with E-state index in [0.717, 1.165) is 30.6 Å². The van der Waals surface area contributed by atoms with E-state index in [1.807, 2.05) is 24.3 Å². The number of ether oxygens (including phenoxy) is 1. The molecule has 1 aliphatic rings. The van der Waals surface area contributed by atoms with E-state index in [2.05, 4.69) is 10.6 Å². The van der Waals surface area contributed by atoms with Gasteiger partial charge in [-0.2, -0.15) is 0 Å². The second-order valence-corrected chi connectivity index (χ2v) is 5.25. The number of methoxy groups -OCH3 is 1. The van der Waals surface area contributed by atoms with Gasteiger partial charge in [0.05, 0.1) is 7.11 Å². The number of hydrogen-bond acceptors (Lipinski definition) is 3. The second-order valence-electron chi connectivity index (χ2n) is 5.25. The summed E-state index contributed by atoms with van der Waals surface area (Å²) < 4.78 is 5.10. The topological polar surface area (TPSA) is 67.4 Å². The fourth-order valence-corrected chi connectivity index (χ4v) is 2.39. The van der Waals surface area contributed by atoms with Gasteiger partial charge in [0, 0.05) is 13.0 Å². The standard InChI is InChI=1S/C16H22N2O3/c1-21-13-8-5-12(6-9-13)7-10-15(19)18-14-4-2-3-11-17-16(14)20/h5-6,8-9,14H,2-4,7,10-11H2,1H3,(H,17,20)(H,18,19)/t14-/m0/s1. The molecule has 114 valence electrons. The van der Waals surface area contributed by atoms with Gasteiger partial charge in [-0.1, -0.05) is 12.1 Å². The molecule has 1 aliphatic heterocycles. The first-order valence-electron chi connectivity index (χ1n) is 7.39. The van der Waals surface area contributed by atoms with E-state index in [4.69, 9.17) is 4.74 Å². The van der Waals surface area contributed by atoms with Crippen molar-refractivity contribution in [3.63, 3.8) is 0 Å². The van der Waals surface area contributed by atoms with Crippen LogP contribution in [0.25, 0.3) is 0 Å². The molecule has 21 heavy (non-hydrogen) atoms. The summed E-state index contributed by atoms with van der Waals surface area (Å²) in [6.45, 7) is 0.705. The first-order valence-corrected chi connectivity index (χ1v) is 7.39. The number of rotatable bonds is 5. The van der Waals surface area contributed by atoms with E-state index in [1.165, 1.54) is 0 Å². The van der Waals surface area contributed by atoms with E-state index >= 15 is 0 Å². The van der Waals surface area contributed by atoms with Crippen LogP contribution in [0.5, 0.6) is 5.75 Å². The van der Waals surface area contributed by atoms with Crippen molar-refractivity contribution in [2.75, 3.05) is 13.7 Å². The highest BCUT2D eigenvalue weighted by molar-refractivity contribution is 5.87. The van der Waals surface area contributed by atoms with Crippen molar-refractivity contribution in [1.29, 1.82) is 0 Å². The highest BCUT2D eigenvalue weighted by Crippen LogP contribution is 2.13. The SMILES string of the molecule is COc1ccc(CCC(=O)N[C@H]2CCCCNC2=O)cc1. The van der Waals surface area contributed by atoms with Crippen LogP contribution in [0.15, 0.2) is 24.3 Å². The number of hydrogen-bond donors (Lipinski definition) is 2. The molecule has 1 fully saturated rings. The lowest BCUT2D eigenvalue weighted by Gasteiger charge is -2.15. The summed E-state index contributed by atoms with van der Waals surface area (Å²) in [6.07, 6.45) is 3.70. The van der Waals surface area contributed by atoms with Gasteiger partial charge in [0.1, 0.15) is 11.8 Å². The van der Waals surface area contributed by atoms with Crippen molar-refractivity contribution < 1.29 is 14.3 Å². The average molecular weight is 290 g/mol. The van der Waals surface area contributed by atoms with Gasteiger partial charge in [-0.15, -0.1) is 0 Å². The fraction of sp³-hybridized carbons (Fsp3) is 0.500. The Hall–Kier alpha value is -2.04. The molecule has 1 heterocycles. The largest absolute Gasteiger partial charge is 0.497 e. The maximum atomic E-state index is 11.9. The summed E-state index contributed by atoms with van der Waals surface area (Å²) in [5, 5.41) is 5.64. The lowest BCUT2D eigenvalue weighted by molar-refractivity contribution is -0.128. The summed E-state index contributed by atoms with van der Waals surface area (Å²) in [5.41, 5.74) is 1.08. The zero-order chi connectivity index (χ0) is 15.1. The molecule has 1 saturated heterocycles. The van der Waals surface area contributed by atoms with Crippen molar-refractivity contribution in [1.82, 2.24) is 10.6 Å². The summed E-state index contributed by atoms with van der Waals surface area (Å²) in [6, 6.07) is 7.28. The molecular formula is C16H22N2O3. The molecule has 2 N–H and O–H groups in total. The minimum Gasteiger partial charge on any atom is -0.497 e. The third kappa shape index (κ3) is 4.77. The van der Waals surface area contributed by atoms with Crippen molar-refractivity contribution >= 4 is 11.8 Å². The van der Waals surface area contributed by atoms with Crippen LogP contribution in [0.2, 0.25) is 0 Å². The smallest absolute Gasteiger partial charge is 0.242 e. The molecule has 1 atom stereocenters. The van der Waals surface area contributed by atoms with Gasteiger partial charge in [-0.25, -0.2) is 0 Å². The Morgan fingerprint density at radius 1 is 1.33 bits per heavy atom. The van der Waals surface area contributed by atoms with E-state index in [9.17, 15) is 9.59 Å². The third-order valence-electron chi connectivity index (χ3n) is 3.67. The Morgan fingerprint density at radius 2 is 2.10 bits per heavy atom. The first kappa shape index (κ1) is 15.4. The van der Waals surface area contributed by atoms with Crippen LogP contribution in [-0.2, 0) is 16.0 Å². The van der Waals surface area contributed by atoms with E-state index in [-0.39, 0.29) is 17.9 Å².